The molecule has 0 aliphatic heterocycles. The average molecular weight is 717 g/mol. The molecule has 6 N–H and O–H groups in total. The number of hydrogen-bond acceptors (Lipinski definition) is 7. The summed E-state index contributed by atoms with van der Waals surface area (Å²) in [5.41, 5.74) is 18.3. The SMILES string of the molecule is C=CCN(CCCCCCCC)CCC[C@@H](C)[C@H]1CC[C@H]2C3[C@H](OCCCN)CC4C[C@H](OCCCN)CCC4(C)[C@H]3C[C@H](OCCCN)C12C. The van der Waals surface area contributed by atoms with E-state index in [0.29, 0.717) is 72.8 Å². The van der Waals surface area contributed by atoms with Crippen molar-refractivity contribution in [1.29, 1.82) is 0 Å². The highest BCUT2D eigenvalue weighted by Crippen LogP contribution is 2.69. The summed E-state index contributed by atoms with van der Waals surface area (Å²) in [5, 5.41) is 0. The van der Waals surface area contributed by atoms with E-state index < -0.39 is 0 Å². The molecule has 0 aromatic rings. The largest absolute Gasteiger partial charge is 0.378 e. The molecule has 7 nitrogen and oxygen atoms in total. The number of hydrogen-bond donors (Lipinski definition) is 3. The van der Waals surface area contributed by atoms with Gasteiger partial charge in [-0.25, -0.2) is 0 Å². The normalized spacial score (nSPS) is 35.4. The van der Waals surface area contributed by atoms with Crippen molar-refractivity contribution in [3.8, 4) is 0 Å². The Morgan fingerprint density at radius 3 is 2.14 bits per heavy atom. The van der Waals surface area contributed by atoms with Gasteiger partial charge in [0.05, 0.1) is 18.3 Å². The zero-order chi connectivity index (χ0) is 36.7. The summed E-state index contributed by atoms with van der Waals surface area (Å²) < 4.78 is 20.5. The van der Waals surface area contributed by atoms with Crippen molar-refractivity contribution in [3.63, 3.8) is 0 Å². The van der Waals surface area contributed by atoms with E-state index in [4.69, 9.17) is 31.4 Å². The highest BCUT2D eigenvalue weighted by Gasteiger charge is 2.66. The van der Waals surface area contributed by atoms with Gasteiger partial charge in [0.1, 0.15) is 0 Å². The molecule has 0 aromatic heterocycles. The van der Waals surface area contributed by atoms with Crippen LogP contribution in [0.2, 0.25) is 0 Å². The average Bonchev–Trinajstić information content (AvgIpc) is 3.48. The lowest BCUT2D eigenvalue weighted by atomic mass is 9.43. The number of ether oxygens (including phenoxy) is 3. The summed E-state index contributed by atoms with van der Waals surface area (Å²) >= 11 is 0. The Balaban J connectivity index is 1.49. The molecule has 4 unspecified atom stereocenters. The minimum absolute atomic E-state index is 0.162. The van der Waals surface area contributed by atoms with Gasteiger partial charge in [-0.2, -0.15) is 0 Å². The molecule has 0 radical (unpaired) electrons. The molecule has 51 heavy (non-hydrogen) atoms. The lowest BCUT2D eigenvalue weighted by Crippen LogP contribution is -2.63. The molecule has 4 aliphatic carbocycles. The van der Waals surface area contributed by atoms with Gasteiger partial charge < -0.3 is 31.4 Å². The van der Waals surface area contributed by atoms with E-state index >= 15 is 0 Å². The molecule has 0 spiro atoms. The monoisotopic (exact) mass is 717 g/mol. The maximum Gasteiger partial charge on any atom is 0.0637 e. The molecule has 4 rings (SSSR count). The van der Waals surface area contributed by atoms with E-state index in [1.807, 2.05) is 0 Å². The predicted molar refractivity (Wildman–Crippen MR) is 215 cm³/mol. The third-order valence-corrected chi connectivity index (χ3v) is 14.8. The Morgan fingerprint density at radius 2 is 1.43 bits per heavy atom. The molecule has 0 amide bonds. The molecule has 11 atom stereocenters. The second-order valence-electron chi connectivity index (χ2n) is 18.0. The van der Waals surface area contributed by atoms with Gasteiger partial charge in [-0.1, -0.05) is 65.9 Å². The molecule has 0 heterocycles. The first-order valence-corrected chi connectivity index (χ1v) is 22.1. The van der Waals surface area contributed by atoms with Crippen LogP contribution in [0.4, 0.5) is 0 Å². The first-order chi connectivity index (χ1) is 24.8. The predicted octanol–water partition coefficient (Wildman–Crippen LogP) is 8.33. The lowest BCUT2D eigenvalue weighted by molar-refractivity contribution is -0.227. The fourth-order valence-electron chi connectivity index (χ4n) is 12.0. The zero-order valence-electron chi connectivity index (χ0n) is 34.0. The summed E-state index contributed by atoms with van der Waals surface area (Å²) in [6.45, 7) is 22.1. The summed E-state index contributed by atoms with van der Waals surface area (Å²) in [5.74, 6) is 3.83. The van der Waals surface area contributed by atoms with Gasteiger partial charge in [0.2, 0.25) is 0 Å². The second kappa shape index (κ2) is 22.1. The van der Waals surface area contributed by atoms with Crippen LogP contribution in [0.3, 0.4) is 0 Å². The zero-order valence-corrected chi connectivity index (χ0v) is 34.0. The van der Waals surface area contributed by atoms with Gasteiger partial charge in [-0.15, -0.1) is 6.58 Å². The highest BCUT2D eigenvalue weighted by atomic mass is 16.5. The van der Waals surface area contributed by atoms with Crippen molar-refractivity contribution in [2.24, 2.45) is 63.5 Å². The van der Waals surface area contributed by atoms with Crippen molar-refractivity contribution in [2.45, 2.75) is 162 Å². The van der Waals surface area contributed by atoms with Crippen molar-refractivity contribution in [3.05, 3.63) is 12.7 Å². The smallest absolute Gasteiger partial charge is 0.0637 e. The molecule has 0 bridgehead atoms. The first-order valence-electron chi connectivity index (χ1n) is 22.1. The van der Waals surface area contributed by atoms with E-state index in [1.165, 1.54) is 103 Å². The Labute approximate surface area is 315 Å². The van der Waals surface area contributed by atoms with E-state index in [0.717, 1.165) is 52.0 Å². The maximum absolute atomic E-state index is 7.08. The fourth-order valence-corrected chi connectivity index (χ4v) is 12.0. The second-order valence-corrected chi connectivity index (χ2v) is 18.0. The fraction of sp³-hybridized carbons (Fsp3) is 0.955. The molecular formula is C44H84N4O3. The molecule has 0 saturated heterocycles. The number of nitrogens with two attached hydrogens (primary N) is 3. The van der Waals surface area contributed by atoms with Gasteiger partial charge in [0.15, 0.2) is 0 Å². The summed E-state index contributed by atoms with van der Waals surface area (Å²) in [6, 6.07) is 0. The Morgan fingerprint density at radius 1 is 0.765 bits per heavy atom. The van der Waals surface area contributed by atoms with Gasteiger partial charge in [-0.05, 0) is 157 Å². The molecule has 0 aromatic carbocycles. The quantitative estimate of drug-likeness (QED) is 0.0610. The van der Waals surface area contributed by atoms with E-state index in [1.54, 1.807) is 0 Å². The standard InChI is InChI=1S/C44H84N4O3/c1-6-8-9-10-11-12-26-48(25-7-2)27-13-17-34(3)37-18-19-38-42-39(33-41(44(37,38)5)51-30-16-24-47)43(4)21-20-36(49-28-14-22-45)31-35(43)32-40(42)50-29-15-23-46/h7,34-42H,2,6,8-33,45-47H2,1,3-5H3/t34-,35?,36-,37-,38+,39+,40-,41+,42?,43?,44?/m1/s1. The highest BCUT2D eigenvalue weighted by molar-refractivity contribution is 5.15. The maximum atomic E-state index is 7.08. The van der Waals surface area contributed by atoms with Gasteiger partial charge >= 0.3 is 0 Å². The van der Waals surface area contributed by atoms with Crippen LogP contribution in [-0.2, 0) is 14.2 Å². The van der Waals surface area contributed by atoms with Crippen LogP contribution >= 0.6 is 0 Å². The number of fused-ring (bicyclic) bond motifs is 5. The summed E-state index contributed by atoms with van der Waals surface area (Å²) in [4.78, 5) is 2.66. The first kappa shape index (κ1) is 43.2. The minimum Gasteiger partial charge on any atom is -0.378 e. The van der Waals surface area contributed by atoms with Crippen molar-refractivity contribution < 1.29 is 14.2 Å². The van der Waals surface area contributed by atoms with Crippen LogP contribution < -0.4 is 17.2 Å². The van der Waals surface area contributed by atoms with Gasteiger partial charge in [0, 0.05) is 31.8 Å². The van der Waals surface area contributed by atoms with E-state index in [-0.39, 0.29) is 11.5 Å². The van der Waals surface area contributed by atoms with Crippen molar-refractivity contribution >= 4 is 0 Å². The molecule has 4 aliphatic rings. The third kappa shape index (κ3) is 11.0. The van der Waals surface area contributed by atoms with Crippen LogP contribution in [0.25, 0.3) is 0 Å². The third-order valence-electron chi connectivity index (χ3n) is 14.8. The number of rotatable bonds is 26. The Kier molecular flexibility index (Phi) is 18.7. The summed E-state index contributed by atoms with van der Waals surface area (Å²) in [6.07, 6.45) is 25.1. The van der Waals surface area contributed by atoms with Crippen molar-refractivity contribution in [1.82, 2.24) is 4.90 Å². The topological polar surface area (TPSA) is 109 Å². The van der Waals surface area contributed by atoms with Crippen LogP contribution in [0.1, 0.15) is 143 Å². The van der Waals surface area contributed by atoms with E-state index in [2.05, 4.69) is 45.2 Å². The Hall–Kier alpha value is -0.540. The van der Waals surface area contributed by atoms with Crippen LogP contribution in [0, 0.1) is 46.3 Å². The molecule has 4 saturated carbocycles. The Bertz CT molecular complexity index is 969. The molecule has 298 valence electrons. The van der Waals surface area contributed by atoms with Crippen molar-refractivity contribution in [2.75, 3.05) is 59.1 Å². The number of unbranched alkanes of at least 4 members (excludes halogenated alkanes) is 5. The lowest BCUT2D eigenvalue weighted by Gasteiger charge is -2.65. The van der Waals surface area contributed by atoms with Crippen LogP contribution in [0.5, 0.6) is 0 Å². The van der Waals surface area contributed by atoms with E-state index in [9.17, 15) is 0 Å². The van der Waals surface area contributed by atoms with Crippen LogP contribution in [-0.4, -0.2) is 82.3 Å². The van der Waals surface area contributed by atoms with Gasteiger partial charge in [-0.3, -0.25) is 4.90 Å². The molecule has 7 heteroatoms. The molecule has 4 fully saturated rings. The summed E-state index contributed by atoms with van der Waals surface area (Å²) in [7, 11) is 0. The van der Waals surface area contributed by atoms with Gasteiger partial charge in [0.25, 0.3) is 0 Å². The number of nitrogens with zero attached hydrogens (tertiary/aromatic N) is 1. The molecular weight excluding hydrogens is 633 g/mol. The minimum atomic E-state index is 0.162. The van der Waals surface area contributed by atoms with Crippen LogP contribution in [0.15, 0.2) is 12.7 Å².